The van der Waals surface area contributed by atoms with Crippen molar-refractivity contribution in [3.63, 3.8) is 0 Å². The van der Waals surface area contributed by atoms with Gasteiger partial charge in [-0.25, -0.2) is 0 Å². The van der Waals surface area contributed by atoms with Crippen molar-refractivity contribution in [2.75, 3.05) is 7.05 Å². The van der Waals surface area contributed by atoms with Crippen molar-refractivity contribution >= 4 is 21.8 Å². The van der Waals surface area contributed by atoms with Crippen molar-refractivity contribution in [3.8, 4) is 0 Å². The zero-order valence-corrected chi connectivity index (χ0v) is 12.5. The fourth-order valence-electron chi connectivity index (χ4n) is 2.27. The molecule has 0 spiro atoms. The number of nitrogens with zero attached hydrogens (tertiary/aromatic N) is 1. The topological polar surface area (TPSA) is 20.3 Å². The van der Waals surface area contributed by atoms with Crippen molar-refractivity contribution in [2.45, 2.75) is 63.7 Å². The van der Waals surface area contributed by atoms with Gasteiger partial charge in [0, 0.05) is 24.3 Å². The summed E-state index contributed by atoms with van der Waals surface area (Å²) in [4.78, 5) is 14.6. The van der Waals surface area contributed by atoms with E-state index in [9.17, 15) is 4.79 Å². The molecule has 0 aromatic carbocycles. The van der Waals surface area contributed by atoms with Gasteiger partial charge in [-0.2, -0.15) is 0 Å². The number of rotatable bonds is 2. The second-order valence-electron chi connectivity index (χ2n) is 6.11. The van der Waals surface area contributed by atoms with Crippen LogP contribution in [-0.2, 0) is 4.79 Å². The minimum Gasteiger partial charge on any atom is -0.342 e. The van der Waals surface area contributed by atoms with Gasteiger partial charge >= 0.3 is 0 Å². The van der Waals surface area contributed by atoms with E-state index in [1.807, 2.05) is 11.9 Å². The number of carbonyl (C=O) groups is 1. The predicted octanol–water partition coefficient (Wildman–Crippen LogP) is 3.59. The maximum atomic E-state index is 12.1. The average molecular weight is 290 g/mol. The van der Waals surface area contributed by atoms with Gasteiger partial charge in [0.1, 0.15) is 0 Å². The lowest BCUT2D eigenvalue weighted by Gasteiger charge is -2.36. The Morgan fingerprint density at radius 2 is 1.88 bits per heavy atom. The first kappa shape index (κ1) is 14.0. The van der Waals surface area contributed by atoms with E-state index in [1.165, 1.54) is 19.3 Å². The highest BCUT2D eigenvalue weighted by molar-refractivity contribution is 9.09. The molecular formula is C13H24BrNO. The van der Waals surface area contributed by atoms with Gasteiger partial charge in [-0.05, 0) is 18.3 Å². The number of carbonyl (C=O) groups excluding carboxylic acids is 1. The molecule has 2 atom stereocenters. The first-order valence-electron chi connectivity index (χ1n) is 6.21. The lowest BCUT2D eigenvalue weighted by atomic mass is 9.90. The molecule has 1 aliphatic rings. The highest BCUT2D eigenvalue weighted by atomic mass is 79.9. The normalized spacial score (nSPS) is 26.6. The summed E-state index contributed by atoms with van der Waals surface area (Å²) < 4.78 is 0. The highest BCUT2D eigenvalue weighted by Gasteiger charge is 2.30. The monoisotopic (exact) mass is 289 g/mol. The zero-order valence-electron chi connectivity index (χ0n) is 10.9. The van der Waals surface area contributed by atoms with E-state index in [0.29, 0.717) is 17.3 Å². The van der Waals surface area contributed by atoms with Crippen LogP contribution in [-0.4, -0.2) is 28.7 Å². The summed E-state index contributed by atoms with van der Waals surface area (Å²) in [5.41, 5.74) is 0.0851. The van der Waals surface area contributed by atoms with Crippen molar-refractivity contribution in [1.82, 2.24) is 4.90 Å². The van der Waals surface area contributed by atoms with Gasteiger partial charge in [-0.15, -0.1) is 0 Å². The Balaban J connectivity index is 2.55. The maximum Gasteiger partial charge on any atom is 0.223 e. The Morgan fingerprint density at radius 3 is 2.38 bits per heavy atom. The van der Waals surface area contributed by atoms with Crippen molar-refractivity contribution in [2.24, 2.45) is 5.41 Å². The predicted molar refractivity (Wildman–Crippen MR) is 71.8 cm³/mol. The van der Waals surface area contributed by atoms with Crippen LogP contribution in [0.2, 0.25) is 0 Å². The molecule has 0 saturated heterocycles. The van der Waals surface area contributed by atoms with Crippen LogP contribution in [0.1, 0.15) is 52.9 Å². The van der Waals surface area contributed by atoms with Crippen LogP contribution in [0.25, 0.3) is 0 Å². The van der Waals surface area contributed by atoms with Gasteiger partial charge in [0.05, 0.1) is 0 Å². The molecule has 1 rings (SSSR count). The summed E-state index contributed by atoms with van der Waals surface area (Å²) in [7, 11) is 1.96. The van der Waals surface area contributed by atoms with Crippen LogP contribution in [0.3, 0.4) is 0 Å². The molecule has 0 heterocycles. The molecule has 0 aliphatic heterocycles. The molecule has 1 fully saturated rings. The van der Waals surface area contributed by atoms with Crippen LogP contribution in [0.5, 0.6) is 0 Å². The standard InChI is InChI=1S/C13H24BrNO/c1-13(2,3)9-12(16)15(4)11-8-6-5-7-10(11)14/h10-11H,5-9H2,1-4H3. The summed E-state index contributed by atoms with van der Waals surface area (Å²) in [5, 5.41) is 0. The van der Waals surface area contributed by atoms with Crippen LogP contribution in [0, 0.1) is 5.41 Å². The van der Waals surface area contributed by atoms with Crippen LogP contribution in [0.15, 0.2) is 0 Å². The van der Waals surface area contributed by atoms with Crippen LogP contribution >= 0.6 is 15.9 Å². The summed E-state index contributed by atoms with van der Waals surface area (Å²) in [6, 6.07) is 0.392. The smallest absolute Gasteiger partial charge is 0.223 e. The molecule has 0 aromatic heterocycles. The molecule has 1 amide bonds. The number of hydrogen-bond acceptors (Lipinski definition) is 1. The Morgan fingerprint density at radius 1 is 1.31 bits per heavy atom. The Hall–Kier alpha value is -0.0500. The molecule has 0 aromatic rings. The first-order valence-corrected chi connectivity index (χ1v) is 7.12. The molecule has 1 saturated carbocycles. The van der Waals surface area contributed by atoms with Crippen molar-refractivity contribution < 1.29 is 4.79 Å². The number of alkyl halides is 1. The fourth-order valence-corrected chi connectivity index (χ4v) is 3.21. The molecule has 0 bridgehead atoms. The number of amides is 1. The molecule has 1 aliphatic carbocycles. The van der Waals surface area contributed by atoms with Crippen molar-refractivity contribution in [1.29, 1.82) is 0 Å². The minimum atomic E-state index is 0.0851. The van der Waals surface area contributed by atoms with Crippen LogP contribution < -0.4 is 0 Å². The van der Waals surface area contributed by atoms with Gasteiger partial charge in [0.2, 0.25) is 5.91 Å². The second-order valence-corrected chi connectivity index (χ2v) is 7.29. The van der Waals surface area contributed by atoms with E-state index in [1.54, 1.807) is 0 Å². The fraction of sp³-hybridized carbons (Fsp3) is 0.923. The molecule has 2 nitrogen and oxygen atoms in total. The van der Waals surface area contributed by atoms with E-state index >= 15 is 0 Å². The Kier molecular flexibility index (Phi) is 4.84. The largest absolute Gasteiger partial charge is 0.342 e. The Bertz CT molecular complexity index is 247. The second kappa shape index (κ2) is 5.52. The summed E-state index contributed by atoms with van der Waals surface area (Å²) in [6.07, 6.45) is 5.51. The molecule has 94 valence electrons. The third-order valence-corrected chi connectivity index (χ3v) is 4.29. The quantitative estimate of drug-likeness (QED) is 0.712. The van der Waals surface area contributed by atoms with E-state index in [4.69, 9.17) is 0 Å². The molecule has 0 N–H and O–H groups in total. The summed E-state index contributed by atoms with van der Waals surface area (Å²) >= 11 is 3.71. The highest BCUT2D eigenvalue weighted by Crippen LogP contribution is 2.29. The summed E-state index contributed by atoms with van der Waals surface area (Å²) in [6.45, 7) is 6.35. The van der Waals surface area contributed by atoms with Gasteiger partial charge in [-0.3, -0.25) is 4.79 Å². The van der Waals surface area contributed by atoms with Gasteiger partial charge in [0.15, 0.2) is 0 Å². The van der Waals surface area contributed by atoms with E-state index in [0.717, 1.165) is 6.42 Å². The van der Waals surface area contributed by atoms with Gasteiger partial charge in [0.25, 0.3) is 0 Å². The number of halogens is 1. The minimum absolute atomic E-state index is 0.0851. The summed E-state index contributed by atoms with van der Waals surface area (Å²) in [5.74, 6) is 0.281. The first-order chi connectivity index (χ1) is 7.31. The number of hydrogen-bond donors (Lipinski definition) is 0. The molecule has 2 unspecified atom stereocenters. The van der Waals surface area contributed by atoms with Gasteiger partial charge < -0.3 is 4.90 Å². The molecule has 3 heteroatoms. The lowest BCUT2D eigenvalue weighted by Crippen LogP contribution is -2.44. The van der Waals surface area contributed by atoms with E-state index in [2.05, 4.69) is 36.7 Å². The third-order valence-electron chi connectivity index (χ3n) is 3.22. The average Bonchev–Trinajstić information content (AvgIpc) is 2.15. The molecular weight excluding hydrogens is 266 g/mol. The molecule has 0 radical (unpaired) electrons. The van der Waals surface area contributed by atoms with Gasteiger partial charge in [-0.1, -0.05) is 49.5 Å². The maximum absolute atomic E-state index is 12.1. The Labute approximate surface area is 108 Å². The van der Waals surface area contributed by atoms with E-state index in [-0.39, 0.29) is 11.3 Å². The molecule has 16 heavy (non-hydrogen) atoms. The van der Waals surface area contributed by atoms with Crippen molar-refractivity contribution in [3.05, 3.63) is 0 Å². The zero-order chi connectivity index (χ0) is 12.3. The third kappa shape index (κ3) is 4.08. The van der Waals surface area contributed by atoms with E-state index < -0.39 is 0 Å². The lowest BCUT2D eigenvalue weighted by molar-refractivity contribution is -0.134. The SMILES string of the molecule is CN(C(=O)CC(C)(C)C)C1CCCCC1Br. The van der Waals surface area contributed by atoms with Crippen LogP contribution in [0.4, 0.5) is 0 Å².